The average Bonchev–Trinajstić information content (AvgIpc) is 3.58. The third kappa shape index (κ3) is 15.5. The zero-order chi connectivity index (χ0) is 33.9. The maximum absolute atomic E-state index is 12.3. The van der Waals surface area contributed by atoms with E-state index in [2.05, 4.69) is 65.8 Å². The van der Waals surface area contributed by atoms with Crippen molar-refractivity contribution in [3.63, 3.8) is 0 Å². The molecule has 2 atom stereocenters. The van der Waals surface area contributed by atoms with Crippen LogP contribution in [0, 0.1) is 38.5 Å². The number of aliphatic hydroxyl groups excluding tert-OH is 1. The van der Waals surface area contributed by atoms with E-state index in [1.807, 2.05) is 45.0 Å². The molecule has 2 aliphatic rings. The van der Waals surface area contributed by atoms with Crippen LogP contribution in [-0.4, -0.2) is 43.2 Å². The van der Waals surface area contributed by atoms with Crippen molar-refractivity contribution in [2.45, 2.75) is 113 Å². The number of esters is 2. The largest absolute Gasteiger partial charge is 0.462 e. The second-order valence-corrected chi connectivity index (χ2v) is 12.3. The van der Waals surface area contributed by atoms with Gasteiger partial charge in [0.05, 0.1) is 6.42 Å². The van der Waals surface area contributed by atoms with Gasteiger partial charge in [-0.25, -0.2) is 4.79 Å². The first-order valence-electron chi connectivity index (χ1n) is 16.5. The van der Waals surface area contributed by atoms with Crippen LogP contribution in [0.1, 0.15) is 96.8 Å². The van der Waals surface area contributed by atoms with Crippen molar-refractivity contribution >= 4 is 11.9 Å². The predicted molar refractivity (Wildman–Crippen MR) is 181 cm³/mol. The number of allylic oxidation sites excluding steroid dienone is 1. The molecule has 0 aliphatic carbocycles. The number of benzene rings is 2. The lowest BCUT2D eigenvalue weighted by Crippen LogP contribution is -2.22. The summed E-state index contributed by atoms with van der Waals surface area (Å²) in [6.45, 7) is 19.2. The molecule has 45 heavy (non-hydrogen) atoms. The Morgan fingerprint density at radius 2 is 1.40 bits per heavy atom. The number of carbonyl (C=O) groups excluding carboxylic acids is 2. The Balaban J connectivity index is 0.000000715. The van der Waals surface area contributed by atoms with E-state index < -0.39 is 12.4 Å². The second-order valence-electron chi connectivity index (χ2n) is 12.3. The Morgan fingerprint density at radius 1 is 0.867 bits per heavy atom. The van der Waals surface area contributed by atoms with Crippen LogP contribution in [0.3, 0.4) is 0 Å². The van der Waals surface area contributed by atoms with E-state index in [9.17, 15) is 9.59 Å². The van der Waals surface area contributed by atoms with Crippen LogP contribution in [0.2, 0.25) is 0 Å². The lowest BCUT2D eigenvalue weighted by atomic mass is 9.86. The fraction of sp³-hybridized carbons (Fsp3) is 0.579. The van der Waals surface area contributed by atoms with Crippen molar-refractivity contribution in [1.29, 1.82) is 0 Å². The minimum Gasteiger partial charge on any atom is -0.462 e. The maximum atomic E-state index is 12.3. The summed E-state index contributed by atoms with van der Waals surface area (Å²) in [4.78, 5) is 24.4. The number of cyclic esters (lactones) is 1. The summed E-state index contributed by atoms with van der Waals surface area (Å²) in [5.41, 5.74) is 4.45. The average molecular weight is 627 g/mol. The van der Waals surface area contributed by atoms with E-state index in [0.29, 0.717) is 47.7 Å². The van der Waals surface area contributed by atoms with E-state index >= 15 is 0 Å². The fourth-order valence-corrected chi connectivity index (χ4v) is 5.15. The highest BCUT2D eigenvalue weighted by Crippen LogP contribution is 2.36. The number of carbonyl (C=O) groups is 2. The van der Waals surface area contributed by atoms with Crippen LogP contribution in [0.4, 0.5) is 0 Å². The number of rotatable bonds is 11. The topological polar surface area (TPSA) is 91.3 Å². The molecule has 7 heteroatoms. The Hall–Kier alpha value is -3.32. The van der Waals surface area contributed by atoms with E-state index in [1.54, 1.807) is 0 Å². The molecule has 7 nitrogen and oxygen atoms in total. The number of hydrogen-bond acceptors (Lipinski definition) is 7. The molecule has 1 fully saturated rings. The SMILES string of the molecule is CC.CO.Cc1ccc(C)cc1.Cc1ccc2c(c1)OC(CCC(=O)OCC1C/C(=C\CC(CC(C)C)CC(C)C)C(=O)O1)O2. The zero-order valence-electron chi connectivity index (χ0n) is 29.4. The summed E-state index contributed by atoms with van der Waals surface area (Å²) in [7, 11) is 1.00. The molecule has 252 valence electrons. The quantitative estimate of drug-likeness (QED) is 0.197. The van der Waals surface area contributed by atoms with Gasteiger partial charge in [-0.15, -0.1) is 0 Å². The molecule has 0 aromatic heterocycles. The molecule has 0 spiro atoms. The first-order chi connectivity index (χ1) is 21.5. The van der Waals surface area contributed by atoms with Gasteiger partial charge < -0.3 is 24.1 Å². The van der Waals surface area contributed by atoms with Crippen molar-refractivity contribution in [2.24, 2.45) is 17.8 Å². The fourth-order valence-electron chi connectivity index (χ4n) is 5.15. The lowest BCUT2D eigenvalue weighted by Gasteiger charge is -2.19. The predicted octanol–water partition coefficient (Wildman–Crippen LogP) is 8.69. The molecule has 1 N–H and O–H groups in total. The molecule has 0 radical (unpaired) electrons. The molecule has 2 unspecified atom stereocenters. The molecule has 0 bridgehead atoms. The van der Waals surface area contributed by atoms with Gasteiger partial charge in [-0.2, -0.15) is 0 Å². The Morgan fingerprint density at radius 3 is 1.96 bits per heavy atom. The third-order valence-electron chi connectivity index (χ3n) is 7.14. The van der Waals surface area contributed by atoms with Gasteiger partial charge in [0.2, 0.25) is 6.29 Å². The van der Waals surface area contributed by atoms with Crippen LogP contribution < -0.4 is 9.47 Å². The summed E-state index contributed by atoms with van der Waals surface area (Å²) in [6, 6.07) is 14.2. The molecule has 4 rings (SSSR count). The van der Waals surface area contributed by atoms with Crippen LogP contribution >= 0.6 is 0 Å². The molecule has 2 aromatic rings. The minimum absolute atomic E-state index is 0.0785. The Kier molecular flexibility index (Phi) is 18.9. The maximum Gasteiger partial charge on any atom is 0.334 e. The first kappa shape index (κ1) is 39.7. The smallest absolute Gasteiger partial charge is 0.334 e. The van der Waals surface area contributed by atoms with Gasteiger partial charge >= 0.3 is 11.9 Å². The highest BCUT2D eigenvalue weighted by molar-refractivity contribution is 5.90. The van der Waals surface area contributed by atoms with Gasteiger partial charge in [-0.3, -0.25) is 4.79 Å². The zero-order valence-corrected chi connectivity index (χ0v) is 29.4. The summed E-state index contributed by atoms with van der Waals surface area (Å²) in [5, 5.41) is 7.00. The molecule has 2 aromatic carbocycles. The first-order valence-corrected chi connectivity index (χ1v) is 16.5. The molecular weight excluding hydrogens is 568 g/mol. The van der Waals surface area contributed by atoms with Crippen LogP contribution in [-0.2, 0) is 19.1 Å². The molecule has 2 heterocycles. The monoisotopic (exact) mass is 626 g/mol. The lowest BCUT2D eigenvalue weighted by molar-refractivity contribution is -0.153. The van der Waals surface area contributed by atoms with Crippen LogP contribution in [0.5, 0.6) is 11.5 Å². The molecular formula is C38H58O7. The van der Waals surface area contributed by atoms with Crippen LogP contribution in [0.15, 0.2) is 54.1 Å². The number of aliphatic hydroxyl groups is 1. The van der Waals surface area contributed by atoms with E-state index in [4.69, 9.17) is 24.1 Å². The van der Waals surface area contributed by atoms with E-state index in [1.165, 1.54) is 11.1 Å². The van der Waals surface area contributed by atoms with Gasteiger partial charge in [0.25, 0.3) is 0 Å². The van der Waals surface area contributed by atoms with Crippen molar-refractivity contribution in [1.82, 2.24) is 0 Å². The highest BCUT2D eigenvalue weighted by Gasteiger charge is 2.30. The van der Waals surface area contributed by atoms with E-state index in [-0.39, 0.29) is 25.0 Å². The van der Waals surface area contributed by atoms with Gasteiger partial charge in [0.1, 0.15) is 12.7 Å². The van der Waals surface area contributed by atoms with Crippen LogP contribution in [0.25, 0.3) is 0 Å². The number of aryl methyl sites for hydroxylation is 3. The molecule has 1 saturated heterocycles. The third-order valence-corrected chi connectivity index (χ3v) is 7.14. The highest BCUT2D eigenvalue weighted by atomic mass is 16.7. The molecule has 0 saturated carbocycles. The summed E-state index contributed by atoms with van der Waals surface area (Å²) < 4.78 is 22.2. The molecule has 0 amide bonds. The normalized spacial score (nSPS) is 17.2. The van der Waals surface area contributed by atoms with Crippen molar-refractivity contribution in [3.8, 4) is 11.5 Å². The molecule has 2 aliphatic heterocycles. The Labute approximate surface area is 272 Å². The summed E-state index contributed by atoms with van der Waals surface area (Å²) in [5.74, 6) is 2.59. The number of hydrogen-bond donors (Lipinski definition) is 1. The second kappa shape index (κ2) is 21.4. The van der Waals surface area contributed by atoms with Crippen molar-refractivity contribution in [3.05, 3.63) is 70.8 Å². The van der Waals surface area contributed by atoms with Gasteiger partial charge in [0.15, 0.2) is 11.5 Å². The van der Waals surface area contributed by atoms with Gasteiger partial charge in [0, 0.05) is 25.5 Å². The minimum atomic E-state index is -0.488. The summed E-state index contributed by atoms with van der Waals surface area (Å²) >= 11 is 0. The number of ether oxygens (including phenoxy) is 4. The van der Waals surface area contributed by atoms with E-state index in [0.717, 1.165) is 31.9 Å². The Bertz CT molecular complexity index is 1140. The standard InChI is InChI=1S/C27H38O6.C8H10.C2H6.CH4O/c1-17(2)12-20(13-18(3)4)7-8-21-15-22(31-27(21)29)16-30-25(28)10-11-26-32-23-9-6-19(5)14-24(23)33-26;1-7-3-5-8(2)6-4-7;2*1-2/h6,8-9,14,17-18,20,22,26H,7,10-13,15-16H2,1-5H3;3-6H,1-2H3;1-2H3;2H,1H3/b21-8+;;;. The van der Waals surface area contributed by atoms with Gasteiger partial charge in [-0.1, -0.05) is 89.1 Å². The van der Waals surface area contributed by atoms with Crippen molar-refractivity contribution in [2.75, 3.05) is 13.7 Å². The van der Waals surface area contributed by atoms with Crippen molar-refractivity contribution < 1.29 is 33.6 Å². The number of fused-ring (bicyclic) bond motifs is 1. The summed E-state index contributed by atoms with van der Waals surface area (Å²) in [6.07, 6.45) is 5.39. The van der Waals surface area contributed by atoms with Gasteiger partial charge in [-0.05, 0) is 75.5 Å².